The molecule has 0 spiro atoms. The molecule has 9 nitrogen and oxygen atoms in total. The van der Waals surface area contributed by atoms with Crippen LogP contribution in [0.3, 0.4) is 0 Å². The molecule has 0 aliphatic carbocycles. The quantitative estimate of drug-likeness (QED) is 0.683. The Morgan fingerprint density at radius 1 is 1.33 bits per heavy atom. The summed E-state index contributed by atoms with van der Waals surface area (Å²) in [5.41, 5.74) is 2.75. The minimum absolute atomic E-state index is 0.0614. The zero-order valence-electron chi connectivity index (χ0n) is 16.2. The van der Waals surface area contributed by atoms with Crippen LogP contribution in [0.15, 0.2) is 18.6 Å². The van der Waals surface area contributed by atoms with E-state index in [1.807, 2.05) is 38.2 Å². The van der Waals surface area contributed by atoms with E-state index in [0.29, 0.717) is 24.4 Å². The van der Waals surface area contributed by atoms with Gasteiger partial charge in [-0.25, -0.2) is 14.8 Å². The molecule has 0 atom stereocenters. The van der Waals surface area contributed by atoms with Gasteiger partial charge >= 0.3 is 6.09 Å². The van der Waals surface area contributed by atoms with E-state index in [-0.39, 0.29) is 12.1 Å². The number of aromatic nitrogens is 5. The van der Waals surface area contributed by atoms with Gasteiger partial charge in [0.25, 0.3) is 0 Å². The number of carbonyl (C=O) groups excluding carboxylic acids is 1. The number of fused-ring (bicyclic) bond motifs is 3. The molecule has 1 fully saturated rings. The van der Waals surface area contributed by atoms with E-state index in [2.05, 4.69) is 20.1 Å². The molecule has 1 saturated heterocycles. The average Bonchev–Trinajstić information content (AvgIpc) is 3.02. The van der Waals surface area contributed by atoms with Crippen LogP contribution in [0.2, 0.25) is 0 Å². The van der Waals surface area contributed by atoms with Crippen LogP contribution in [-0.2, 0) is 4.74 Å². The molecular formula is C18H23N7O2. The fourth-order valence-corrected chi connectivity index (χ4v) is 3.09. The van der Waals surface area contributed by atoms with Crippen LogP contribution in [0.5, 0.6) is 0 Å². The van der Waals surface area contributed by atoms with Gasteiger partial charge in [-0.3, -0.25) is 4.40 Å². The van der Waals surface area contributed by atoms with Crippen LogP contribution in [0.4, 0.5) is 10.6 Å². The molecule has 0 saturated carbocycles. The lowest BCUT2D eigenvalue weighted by Gasteiger charge is -2.44. The molecule has 0 N–H and O–H groups in total. The van der Waals surface area contributed by atoms with E-state index in [0.717, 1.165) is 16.9 Å². The number of likely N-dealkylation sites (N-methyl/N-ethyl adjacent to an activating group) is 1. The second-order valence-corrected chi connectivity index (χ2v) is 7.97. The molecule has 1 aliphatic rings. The van der Waals surface area contributed by atoms with Crippen molar-refractivity contribution < 1.29 is 9.53 Å². The van der Waals surface area contributed by atoms with E-state index in [1.54, 1.807) is 24.5 Å². The van der Waals surface area contributed by atoms with Crippen LogP contribution in [0.25, 0.3) is 16.8 Å². The Morgan fingerprint density at radius 3 is 2.78 bits per heavy atom. The smallest absolute Gasteiger partial charge is 0.410 e. The molecule has 0 radical (unpaired) electrons. The number of hydrogen-bond donors (Lipinski definition) is 0. The SMILES string of the molecule is Cc1cnc2nc(N3CC(N(C)C(=O)OC(C)(C)C)C3)c3nncn3c2c1. The Bertz CT molecular complexity index is 1020. The Balaban J connectivity index is 1.57. The van der Waals surface area contributed by atoms with Gasteiger partial charge in [0.15, 0.2) is 11.5 Å². The zero-order chi connectivity index (χ0) is 19.3. The van der Waals surface area contributed by atoms with E-state index in [1.165, 1.54) is 0 Å². The highest BCUT2D eigenvalue weighted by atomic mass is 16.6. The maximum Gasteiger partial charge on any atom is 0.410 e. The van der Waals surface area contributed by atoms with Crippen molar-refractivity contribution in [3.05, 3.63) is 24.2 Å². The number of nitrogens with zero attached hydrogens (tertiary/aromatic N) is 7. The van der Waals surface area contributed by atoms with Crippen LogP contribution in [0.1, 0.15) is 26.3 Å². The Morgan fingerprint density at radius 2 is 2.07 bits per heavy atom. The topological polar surface area (TPSA) is 88.8 Å². The first kappa shape index (κ1) is 17.4. The molecular weight excluding hydrogens is 346 g/mol. The van der Waals surface area contributed by atoms with Gasteiger partial charge in [0, 0.05) is 26.3 Å². The number of carbonyl (C=O) groups is 1. The number of amides is 1. The van der Waals surface area contributed by atoms with Crippen molar-refractivity contribution in [2.45, 2.75) is 39.3 Å². The second-order valence-electron chi connectivity index (χ2n) is 7.97. The maximum atomic E-state index is 12.2. The third-order valence-electron chi connectivity index (χ3n) is 4.59. The van der Waals surface area contributed by atoms with Crippen molar-refractivity contribution >= 4 is 28.7 Å². The summed E-state index contributed by atoms with van der Waals surface area (Å²) in [5, 5.41) is 8.27. The molecule has 9 heteroatoms. The van der Waals surface area contributed by atoms with Gasteiger partial charge in [0.1, 0.15) is 11.9 Å². The van der Waals surface area contributed by atoms with Crippen LogP contribution < -0.4 is 4.90 Å². The lowest BCUT2D eigenvalue weighted by Crippen LogP contribution is -2.60. The first-order valence-electron chi connectivity index (χ1n) is 8.90. The fourth-order valence-electron chi connectivity index (χ4n) is 3.09. The van der Waals surface area contributed by atoms with Gasteiger partial charge in [0.2, 0.25) is 5.65 Å². The standard InChI is InChI=1S/C18H23N7O2/c1-11-6-13-14(19-7-11)21-15(16-22-20-10-25(13)16)24-8-12(9-24)23(5)17(26)27-18(2,3)4/h6-7,10,12H,8-9H2,1-5H3. The van der Waals surface area contributed by atoms with E-state index >= 15 is 0 Å². The number of pyridine rings is 1. The van der Waals surface area contributed by atoms with Crippen molar-refractivity contribution in [2.75, 3.05) is 25.0 Å². The van der Waals surface area contributed by atoms with Crippen molar-refractivity contribution in [3.63, 3.8) is 0 Å². The summed E-state index contributed by atoms with van der Waals surface area (Å²) in [6.07, 6.45) is 3.15. The summed E-state index contributed by atoms with van der Waals surface area (Å²) >= 11 is 0. The number of rotatable bonds is 2. The van der Waals surface area contributed by atoms with Gasteiger partial charge in [-0.15, -0.1) is 10.2 Å². The first-order chi connectivity index (χ1) is 12.7. The van der Waals surface area contributed by atoms with Gasteiger partial charge in [-0.1, -0.05) is 0 Å². The van der Waals surface area contributed by atoms with Crippen LogP contribution in [0, 0.1) is 6.92 Å². The highest BCUT2D eigenvalue weighted by molar-refractivity contribution is 5.81. The molecule has 3 aromatic rings. The number of aryl methyl sites for hydroxylation is 1. The average molecular weight is 369 g/mol. The molecule has 1 amide bonds. The lowest BCUT2D eigenvalue weighted by atomic mass is 10.1. The summed E-state index contributed by atoms with van der Waals surface area (Å²) in [6.45, 7) is 8.89. The zero-order valence-corrected chi connectivity index (χ0v) is 16.2. The van der Waals surface area contributed by atoms with Gasteiger partial charge in [-0.05, 0) is 39.3 Å². The highest BCUT2D eigenvalue weighted by Gasteiger charge is 2.36. The highest BCUT2D eigenvalue weighted by Crippen LogP contribution is 2.28. The molecule has 27 heavy (non-hydrogen) atoms. The lowest BCUT2D eigenvalue weighted by molar-refractivity contribution is 0.0197. The van der Waals surface area contributed by atoms with Gasteiger partial charge in [-0.2, -0.15) is 0 Å². The fraction of sp³-hybridized carbons (Fsp3) is 0.500. The summed E-state index contributed by atoms with van der Waals surface area (Å²) in [4.78, 5) is 25.1. The number of anilines is 1. The molecule has 142 valence electrons. The molecule has 0 unspecified atom stereocenters. The second kappa shape index (κ2) is 6.04. The first-order valence-corrected chi connectivity index (χ1v) is 8.90. The van der Waals surface area contributed by atoms with E-state index in [4.69, 9.17) is 9.72 Å². The molecule has 0 bridgehead atoms. The largest absolute Gasteiger partial charge is 0.444 e. The van der Waals surface area contributed by atoms with Gasteiger partial charge < -0.3 is 14.5 Å². The van der Waals surface area contributed by atoms with Crippen molar-refractivity contribution in [1.29, 1.82) is 0 Å². The number of hydrogen-bond acceptors (Lipinski definition) is 7. The van der Waals surface area contributed by atoms with Crippen LogP contribution in [-0.4, -0.2) is 67.3 Å². The molecule has 3 aromatic heterocycles. The predicted octanol–water partition coefficient (Wildman–Crippen LogP) is 2.04. The third kappa shape index (κ3) is 3.13. The van der Waals surface area contributed by atoms with Crippen LogP contribution >= 0.6 is 0 Å². The minimum atomic E-state index is -0.508. The third-order valence-corrected chi connectivity index (χ3v) is 4.59. The van der Waals surface area contributed by atoms with Gasteiger partial charge in [0.05, 0.1) is 11.6 Å². The van der Waals surface area contributed by atoms with Crippen molar-refractivity contribution in [1.82, 2.24) is 29.5 Å². The minimum Gasteiger partial charge on any atom is -0.444 e. The van der Waals surface area contributed by atoms with E-state index < -0.39 is 5.60 Å². The Kier molecular flexibility index (Phi) is 3.90. The summed E-state index contributed by atoms with van der Waals surface area (Å²) in [6, 6.07) is 2.08. The molecule has 4 heterocycles. The predicted molar refractivity (Wildman–Crippen MR) is 101 cm³/mol. The Hall–Kier alpha value is -2.97. The maximum absolute atomic E-state index is 12.2. The Labute approximate surface area is 157 Å². The van der Waals surface area contributed by atoms with Crippen molar-refractivity contribution in [2.24, 2.45) is 0 Å². The molecule has 1 aliphatic heterocycles. The number of ether oxygens (including phenoxy) is 1. The van der Waals surface area contributed by atoms with E-state index in [9.17, 15) is 4.79 Å². The summed E-state index contributed by atoms with van der Waals surface area (Å²) < 4.78 is 7.35. The van der Waals surface area contributed by atoms with Crippen molar-refractivity contribution in [3.8, 4) is 0 Å². The molecule has 0 aromatic carbocycles. The summed E-state index contributed by atoms with van der Waals surface area (Å²) in [7, 11) is 1.76. The summed E-state index contributed by atoms with van der Waals surface area (Å²) in [5.74, 6) is 0.727. The normalized spacial score (nSPS) is 15.2. The monoisotopic (exact) mass is 369 g/mol. The molecule has 4 rings (SSSR count).